The highest BCUT2D eigenvalue weighted by molar-refractivity contribution is 5.85. The minimum absolute atomic E-state index is 0. The smallest absolute Gasteiger partial charge is 0.248 e. The summed E-state index contributed by atoms with van der Waals surface area (Å²) < 4.78 is 5.11. The van der Waals surface area contributed by atoms with Crippen molar-refractivity contribution >= 4 is 18.3 Å². The Morgan fingerprint density at radius 1 is 1.27 bits per heavy atom. The summed E-state index contributed by atoms with van der Waals surface area (Å²) in [6.45, 7) is 1.72. The maximum atomic E-state index is 11.5. The SMILES string of the molecule is Cl.NC1CCC(N2CCOCC2=O)CC1. The molecule has 2 N–H and O–H groups in total. The number of hydrogen-bond donors (Lipinski definition) is 1. The molecule has 15 heavy (non-hydrogen) atoms. The van der Waals surface area contributed by atoms with E-state index in [1.807, 2.05) is 4.90 Å². The molecule has 2 rings (SSSR count). The molecule has 1 aliphatic carbocycles. The van der Waals surface area contributed by atoms with Gasteiger partial charge in [-0.2, -0.15) is 0 Å². The molecule has 0 unspecified atom stereocenters. The molecule has 5 heteroatoms. The lowest BCUT2D eigenvalue weighted by molar-refractivity contribution is -0.146. The Morgan fingerprint density at radius 3 is 2.53 bits per heavy atom. The van der Waals surface area contributed by atoms with Gasteiger partial charge in [-0.15, -0.1) is 12.4 Å². The largest absolute Gasteiger partial charge is 0.370 e. The first kappa shape index (κ1) is 12.7. The number of amides is 1. The minimum Gasteiger partial charge on any atom is -0.370 e. The number of carbonyl (C=O) groups excluding carboxylic acids is 1. The van der Waals surface area contributed by atoms with E-state index in [0.29, 0.717) is 18.7 Å². The molecule has 4 nitrogen and oxygen atoms in total. The number of morpholine rings is 1. The van der Waals surface area contributed by atoms with E-state index in [0.717, 1.165) is 32.2 Å². The van der Waals surface area contributed by atoms with Crippen LogP contribution in [0.1, 0.15) is 25.7 Å². The standard InChI is InChI=1S/C10H18N2O2.ClH/c11-8-1-3-9(4-2-8)12-5-6-14-7-10(12)13;/h8-9H,1-7,11H2;1H. The number of halogens is 1. The first-order valence-corrected chi connectivity index (χ1v) is 5.40. The second-order valence-corrected chi connectivity index (χ2v) is 4.21. The molecule has 0 atom stereocenters. The molecule has 2 aliphatic rings. The van der Waals surface area contributed by atoms with Crippen LogP contribution in [0.2, 0.25) is 0 Å². The van der Waals surface area contributed by atoms with E-state index < -0.39 is 0 Å². The van der Waals surface area contributed by atoms with Crippen molar-refractivity contribution in [3.8, 4) is 0 Å². The van der Waals surface area contributed by atoms with Gasteiger partial charge in [0.2, 0.25) is 5.91 Å². The summed E-state index contributed by atoms with van der Waals surface area (Å²) in [5, 5.41) is 0. The van der Waals surface area contributed by atoms with Crippen LogP contribution in [0.25, 0.3) is 0 Å². The molecule has 1 heterocycles. The lowest BCUT2D eigenvalue weighted by atomic mass is 9.90. The van der Waals surface area contributed by atoms with E-state index >= 15 is 0 Å². The van der Waals surface area contributed by atoms with E-state index in [2.05, 4.69) is 0 Å². The van der Waals surface area contributed by atoms with Gasteiger partial charge in [-0.1, -0.05) is 0 Å². The van der Waals surface area contributed by atoms with Gasteiger partial charge in [-0.05, 0) is 25.7 Å². The van der Waals surface area contributed by atoms with Gasteiger partial charge in [0.1, 0.15) is 6.61 Å². The molecule has 1 aliphatic heterocycles. The maximum Gasteiger partial charge on any atom is 0.248 e. The number of ether oxygens (including phenoxy) is 1. The second kappa shape index (κ2) is 5.68. The Morgan fingerprint density at radius 2 is 1.93 bits per heavy atom. The second-order valence-electron chi connectivity index (χ2n) is 4.21. The van der Waals surface area contributed by atoms with Gasteiger partial charge < -0.3 is 15.4 Å². The molecule has 0 radical (unpaired) electrons. The predicted molar refractivity (Wildman–Crippen MR) is 60.0 cm³/mol. The van der Waals surface area contributed by atoms with Crippen LogP contribution in [0.5, 0.6) is 0 Å². The summed E-state index contributed by atoms with van der Waals surface area (Å²) in [4.78, 5) is 13.5. The van der Waals surface area contributed by atoms with Crippen LogP contribution < -0.4 is 5.73 Å². The molecular formula is C10H19ClN2O2. The van der Waals surface area contributed by atoms with Gasteiger partial charge in [-0.25, -0.2) is 0 Å². The van der Waals surface area contributed by atoms with Crippen molar-refractivity contribution < 1.29 is 9.53 Å². The molecule has 0 aromatic heterocycles. The van der Waals surface area contributed by atoms with Crippen LogP contribution in [0.3, 0.4) is 0 Å². The number of carbonyl (C=O) groups is 1. The molecule has 0 aromatic carbocycles. The van der Waals surface area contributed by atoms with Crippen molar-refractivity contribution in [1.29, 1.82) is 0 Å². The van der Waals surface area contributed by atoms with Gasteiger partial charge in [0, 0.05) is 18.6 Å². The Bertz CT molecular complexity index is 217. The molecule has 88 valence electrons. The molecular weight excluding hydrogens is 216 g/mol. The Hall–Kier alpha value is -0.320. The average Bonchev–Trinajstić information content (AvgIpc) is 2.20. The van der Waals surface area contributed by atoms with Crippen molar-refractivity contribution in [2.45, 2.75) is 37.8 Å². The third kappa shape index (κ3) is 3.06. The Kier molecular flexibility index (Phi) is 4.83. The van der Waals surface area contributed by atoms with Crippen LogP contribution in [0.15, 0.2) is 0 Å². The van der Waals surface area contributed by atoms with E-state index in [4.69, 9.17) is 10.5 Å². The van der Waals surface area contributed by atoms with Crippen LogP contribution in [0.4, 0.5) is 0 Å². The summed E-state index contributed by atoms with van der Waals surface area (Å²) in [6.07, 6.45) is 4.23. The fourth-order valence-corrected chi connectivity index (χ4v) is 2.33. The highest BCUT2D eigenvalue weighted by Crippen LogP contribution is 2.22. The average molecular weight is 235 g/mol. The number of nitrogens with two attached hydrogens (primary N) is 1. The quantitative estimate of drug-likeness (QED) is 0.721. The van der Waals surface area contributed by atoms with Crippen molar-refractivity contribution in [2.75, 3.05) is 19.8 Å². The number of rotatable bonds is 1. The predicted octanol–water partition coefficient (Wildman–Crippen LogP) is 0.537. The zero-order chi connectivity index (χ0) is 9.97. The van der Waals surface area contributed by atoms with Crippen LogP contribution in [-0.2, 0) is 9.53 Å². The molecule has 2 fully saturated rings. The Balaban J connectivity index is 0.00000112. The topological polar surface area (TPSA) is 55.6 Å². The van der Waals surface area contributed by atoms with Crippen molar-refractivity contribution in [3.05, 3.63) is 0 Å². The van der Waals surface area contributed by atoms with Crippen molar-refractivity contribution in [2.24, 2.45) is 5.73 Å². The lowest BCUT2D eigenvalue weighted by Gasteiger charge is -2.38. The lowest BCUT2D eigenvalue weighted by Crippen LogP contribution is -2.49. The highest BCUT2D eigenvalue weighted by Gasteiger charge is 2.29. The van der Waals surface area contributed by atoms with Crippen LogP contribution in [0, 0.1) is 0 Å². The van der Waals surface area contributed by atoms with E-state index in [1.54, 1.807) is 0 Å². The van der Waals surface area contributed by atoms with Crippen molar-refractivity contribution in [3.63, 3.8) is 0 Å². The fourth-order valence-electron chi connectivity index (χ4n) is 2.33. The van der Waals surface area contributed by atoms with Gasteiger partial charge in [0.15, 0.2) is 0 Å². The summed E-state index contributed by atoms with van der Waals surface area (Å²) in [7, 11) is 0. The van der Waals surface area contributed by atoms with E-state index in [-0.39, 0.29) is 24.9 Å². The third-order valence-electron chi connectivity index (χ3n) is 3.20. The zero-order valence-corrected chi connectivity index (χ0v) is 9.67. The normalized spacial score (nSPS) is 32.3. The number of hydrogen-bond acceptors (Lipinski definition) is 3. The van der Waals surface area contributed by atoms with Crippen LogP contribution >= 0.6 is 12.4 Å². The molecule has 0 bridgehead atoms. The summed E-state index contributed by atoms with van der Waals surface area (Å²) in [6, 6.07) is 0.772. The number of nitrogens with zero attached hydrogens (tertiary/aromatic N) is 1. The molecule has 1 amide bonds. The summed E-state index contributed by atoms with van der Waals surface area (Å²) in [5.74, 6) is 0.150. The van der Waals surface area contributed by atoms with E-state index in [9.17, 15) is 4.79 Å². The fraction of sp³-hybridized carbons (Fsp3) is 0.900. The highest BCUT2D eigenvalue weighted by atomic mass is 35.5. The van der Waals surface area contributed by atoms with Gasteiger partial charge >= 0.3 is 0 Å². The van der Waals surface area contributed by atoms with Gasteiger partial charge in [0.25, 0.3) is 0 Å². The third-order valence-corrected chi connectivity index (χ3v) is 3.20. The molecule has 1 saturated heterocycles. The minimum atomic E-state index is 0. The van der Waals surface area contributed by atoms with Crippen molar-refractivity contribution in [1.82, 2.24) is 4.90 Å². The molecule has 1 saturated carbocycles. The van der Waals surface area contributed by atoms with E-state index in [1.165, 1.54) is 0 Å². The first-order valence-electron chi connectivity index (χ1n) is 5.40. The van der Waals surface area contributed by atoms with Gasteiger partial charge in [-0.3, -0.25) is 4.79 Å². The monoisotopic (exact) mass is 234 g/mol. The maximum absolute atomic E-state index is 11.5. The Labute approximate surface area is 96.5 Å². The summed E-state index contributed by atoms with van der Waals surface area (Å²) in [5.41, 5.74) is 5.83. The van der Waals surface area contributed by atoms with Crippen LogP contribution in [-0.4, -0.2) is 42.6 Å². The molecule has 0 aromatic rings. The summed E-state index contributed by atoms with van der Waals surface area (Å²) >= 11 is 0. The first-order chi connectivity index (χ1) is 6.77. The molecule has 0 spiro atoms. The van der Waals surface area contributed by atoms with Gasteiger partial charge in [0.05, 0.1) is 6.61 Å². The zero-order valence-electron chi connectivity index (χ0n) is 8.85.